The van der Waals surface area contributed by atoms with Crippen LogP contribution >= 0.6 is 0 Å². The van der Waals surface area contributed by atoms with E-state index in [4.69, 9.17) is 9.94 Å². The first-order valence-electron chi connectivity index (χ1n) is 6.03. The fourth-order valence-corrected chi connectivity index (χ4v) is 1.74. The zero-order valence-corrected chi connectivity index (χ0v) is 11.0. The topological polar surface area (TPSA) is 54.7 Å². The normalized spacial score (nSPS) is 11.4. The number of pyridine rings is 1. The Morgan fingerprint density at radius 3 is 2.84 bits per heavy atom. The van der Waals surface area contributed by atoms with Gasteiger partial charge in [0.05, 0.1) is 11.4 Å². The summed E-state index contributed by atoms with van der Waals surface area (Å²) in [5.74, 6) is 0.695. The van der Waals surface area contributed by atoms with Gasteiger partial charge in [0, 0.05) is 11.8 Å². The second kappa shape index (κ2) is 6.00. The Morgan fingerprint density at radius 1 is 1.32 bits per heavy atom. The zero-order chi connectivity index (χ0) is 13.7. The first-order chi connectivity index (χ1) is 9.20. The average Bonchev–Trinajstić information content (AvgIpc) is 2.45. The van der Waals surface area contributed by atoms with E-state index in [1.54, 1.807) is 13.1 Å². The molecule has 0 atom stereocenters. The van der Waals surface area contributed by atoms with Crippen LogP contribution in [-0.2, 0) is 6.61 Å². The smallest absolute Gasteiger partial charge is 0.130 e. The van der Waals surface area contributed by atoms with E-state index >= 15 is 0 Å². The summed E-state index contributed by atoms with van der Waals surface area (Å²) in [5.41, 5.74) is 3.25. The number of oxime groups is 1. The lowest BCUT2D eigenvalue weighted by molar-refractivity contribution is 0.299. The van der Waals surface area contributed by atoms with E-state index in [-0.39, 0.29) is 0 Å². The van der Waals surface area contributed by atoms with Crippen molar-refractivity contribution in [3.63, 3.8) is 0 Å². The molecule has 2 aromatic rings. The summed E-state index contributed by atoms with van der Waals surface area (Å²) < 4.78 is 5.77. The minimum atomic E-state index is 0.385. The molecular formula is C15H16N2O2. The lowest BCUT2D eigenvalue weighted by atomic mass is 10.1. The molecule has 0 unspecified atom stereocenters. The molecule has 98 valence electrons. The van der Waals surface area contributed by atoms with E-state index in [9.17, 15) is 0 Å². The molecule has 0 amide bonds. The Balaban J connectivity index is 2.21. The van der Waals surface area contributed by atoms with Crippen LogP contribution in [0.15, 0.2) is 47.8 Å². The van der Waals surface area contributed by atoms with Gasteiger partial charge in [-0.25, -0.2) is 0 Å². The summed E-state index contributed by atoms with van der Waals surface area (Å²) in [6.07, 6.45) is 1.73. The molecule has 0 aliphatic heterocycles. The van der Waals surface area contributed by atoms with E-state index in [1.807, 2.05) is 43.3 Å². The Morgan fingerprint density at radius 2 is 2.16 bits per heavy atom. The van der Waals surface area contributed by atoms with Crippen LogP contribution in [-0.4, -0.2) is 15.9 Å². The van der Waals surface area contributed by atoms with Crippen LogP contribution in [0.3, 0.4) is 0 Å². The highest BCUT2D eigenvalue weighted by molar-refractivity contribution is 6.00. The molecule has 0 aliphatic carbocycles. The minimum Gasteiger partial charge on any atom is -0.487 e. The Kier molecular flexibility index (Phi) is 4.13. The molecule has 19 heavy (non-hydrogen) atoms. The highest BCUT2D eigenvalue weighted by Gasteiger charge is 2.08. The number of nitrogens with zero attached hydrogens (tertiary/aromatic N) is 2. The zero-order valence-electron chi connectivity index (χ0n) is 11.0. The molecule has 0 radical (unpaired) electrons. The van der Waals surface area contributed by atoms with Crippen molar-refractivity contribution in [2.24, 2.45) is 5.16 Å². The van der Waals surface area contributed by atoms with Crippen molar-refractivity contribution < 1.29 is 9.94 Å². The molecule has 1 N–H and O–H groups in total. The highest BCUT2D eigenvalue weighted by Crippen LogP contribution is 2.22. The first-order valence-corrected chi connectivity index (χ1v) is 6.03. The van der Waals surface area contributed by atoms with Crippen molar-refractivity contribution >= 4 is 5.71 Å². The van der Waals surface area contributed by atoms with Gasteiger partial charge in [-0.3, -0.25) is 4.98 Å². The van der Waals surface area contributed by atoms with Gasteiger partial charge >= 0.3 is 0 Å². The van der Waals surface area contributed by atoms with Crippen molar-refractivity contribution in [3.8, 4) is 5.75 Å². The molecule has 1 aromatic carbocycles. The summed E-state index contributed by atoms with van der Waals surface area (Å²) >= 11 is 0. The predicted molar refractivity (Wildman–Crippen MR) is 73.7 cm³/mol. The molecule has 4 nitrogen and oxygen atoms in total. The molecule has 0 saturated heterocycles. The molecule has 0 aliphatic rings. The van der Waals surface area contributed by atoms with E-state index < -0.39 is 0 Å². The maximum Gasteiger partial charge on any atom is 0.130 e. The van der Waals surface area contributed by atoms with Crippen LogP contribution in [0, 0.1) is 6.92 Å². The number of hydrogen-bond acceptors (Lipinski definition) is 4. The third kappa shape index (κ3) is 3.31. The molecule has 0 fully saturated rings. The Labute approximate surface area is 112 Å². The fourth-order valence-electron chi connectivity index (χ4n) is 1.74. The van der Waals surface area contributed by atoms with Gasteiger partial charge in [-0.1, -0.05) is 17.3 Å². The first kappa shape index (κ1) is 13.1. The van der Waals surface area contributed by atoms with Gasteiger partial charge in [-0.15, -0.1) is 0 Å². The van der Waals surface area contributed by atoms with Gasteiger partial charge in [-0.05, 0) is 43.7 Å². The van der Waals surface area contributed by atoms with Crippen molar-refractivity contribution in [1.82, 2.24) is 4.98 Å². The molecule has 4 heteroatoms. The van der Waals surface area contributed by atoms with E-state index in [0.717, 1.165) is 16.8 Å². The van der Waals surface area contributed by atoms with Crippen LogP contribution in [0.25, 0.3) is 0 Å². The van der Waals surface area contributed by atoms with E-state index in [2.05, 4.69) is 10.1 Å². The standard InChI is InChI=1S/C15H16N2O2/c1-11-6-7-14(12(2)17-18)15(9-11)19-10-13-5-3-4-8-16-13/h3-9,18H,10H2,1-2H3. The van der Waals surface area contributed by atoms with Crippen LogP contribution in [0.2, 0.25) is 0 Å². The van der Waals surface area contributed by atoms with Gasteiger partial charge in [0.2, 0.25) is 0 Å². The van der Waals surface area contributed by atoms with Crippen molar-refractivity contribution in [3.05, 3.63) is 59.4 Å². The van der Waals surface area contributed by atoms with Crippen LogP contribution < -0.4 is 4.74 Å². The van der Waals surface area contributed by atoms with Crippen molar-refractivity contribution in [2.75, 3.05) is 0 Å². The van der Waals surface area contributed by atoms with Crippen molar-refractivity contribution in [2.45, 2.75) is 20.5 Å². The number of aryl methyl sites for hydroxylation is 1. The Hall–Kier alpha value is -2.36. The molecule has 0 saturated carbocycles. The maximum absolute atomic E-state index is 8.89. The monoisotopic (exact) mass is 256 g/mol. The third-order valence-electron chi connectivity index (χ3n) is 2.78. The number of benzene rings is 1. The van der Waals surface area contributed by atoms with Crippen LogP contribution in [0.4, 0.5) is 0 Å². The number of rotatable bonds is 4. The van der Waals surface area contributed by atoms with Crippen LogP contribution in [0.5, 0.6) is 5.75 Å². The SMILES string of the molecule is CC(=NO)c1ccc(C)cc1OCc1ccccn1. The van der Waals surface area contributed by atoms with Gasteiger partial charge in [0.1, 0.15) is 12.4 Å². The predicted octanol–water partition coefficient (Wildman–Crippen LogP) is 3.17. The fraction of sp³-hybridized carbons (Fsp3) is 0.200. The molecular weight excluding hydrogens is 240 g/mol. The van der Waals surface area contributed by atoms with Gasteiger partial charge in [0.15, 0.2) is 0 Å². The van der Waals surface area contributed by atoms with Crippen LogP contribution in [0.1, 0.15) is 23.7 Å². The van der Waals surface area contributed by atoms with Gasteiger partial charge in [-0.2, -0.15) is 0 Å². The highest BCUT2D eigenvalue weighted by atomic mass is 16.5. The number of aromatic nitrogens is 1. The summed E-state index contributed by atoms with van der Waals surface area (Å²) in [6, 6.07) is 11.5. The second-order valence-electron chi connectivity index (χ2n) is 4.29. The Bertz CT molecular complexity index is 580. The summed E-state index contributed by atoms with van der Waals surface area (Å²) in [7, 11) is 0. The second-order valence-corrected chi connectivity index (χ2v) is 4.29. The lowest BCUT2D eigenvalue weighted by Crippen LogP contribution is -2.03. The lowest BCUT2D eigenvalue weighted by Gasteiger charge is -2.11. The number of ether oxygens (including phenoxy) is 1. The third-order valence-corrected chi connectivity index (χ3v) is 2.78. The minimum absolute atomic E-state index is 0.385. The van der Waals surface area contributed by atoms with E-state index in [1.165, 1.54) is 0 Å². The van der Waals surface area contributed by atoms with Gasteiger partial charge < -0.3 is 9.94 Å². The summed E-state index contributed by atoms with van der Waals surface area (Å²) in [6.45, 7) is 4.11. The average molecular weight is 256 g/mol. The molecule has 1 aromatic heterocycles. The molecule has 1 heterocycles. The quantitative estimate of drug-likeness (QED) is 0.519. The number of hydrogen-bond donors (Lipinski definition) is 1. The van der Waals surface area contributed by atoms with Gasteiger partial charge in [0.25, 0.3) is 0 Å². The summed E-state index contributed by atoms with van der Waals surface area (Å²) in [5, 5.41) is 12.1. The maximum atomic E-state index is 8.89. The molecule has 0 spiro atoms. The largest absolute Gasteiger partial charge is 0.487 e. The molecule has 0 bridgehead atoms. The van der Waals surface area contributed by atoms with Crippen molar-refractivity contribution in [1.29, 1.82) is 0 Å². The van der Waals surface area contributed by atoms with E-state index in [0.29, 0.717) is 18.1 Å². The molecule has 2 rings (SSSR count). The summed E-state index contributed by atoms with van der Waals surface area (Å²) in [4.78, 5) is 4.21.